The molecule has 1 saturated heterocycles. The fourth-order valence-electron chi connectivity index (χ4n) is 2.34. The van der Waals surface area contributed by atoms with Crippen molar-refractivity contribution in [1.82, 2.24) is 15.3 Å². The molecular formula is C12H15N3O. The van der Waals surface area contributed by atoms with Crippen molar-refractivity contribution in [2.24, 2.45) is 0 Å². The summed E-state index contributed by atoms with van der Waals surface area (Å²) in [6, 6.07) is 3.86. The van der Waals surface area contributed by atoms with E-state index in [1.807, 2.05) is 12.1 Å². The molecule has 2 aromatic heterocycles. The van der Waals surface area contributed by atoms with Gasteiger partial charge in [-0.05, 0) is 38.1 Å². The predicted octanol–water partition coefficient (Wildman–Crippen LogP) is 2.14. The van der Waals surface area contributed by atoms with E-state index in [0.717, 1.165) is 37.4 Å². The second-order valence-electron chi connectivity index (χ2n) is 4.17. The molecule has 4 nitrogen and oxygen atoms in total. The Morgan fingerprint density at radius 3 is 2.94 bits per heavy atom. The van der Waals surface area contributed by atoms with Gasteiger partial charge in [0.25, 0.3) is 0 Å². The second-order valence-corrected chi connectivity index (χ2v) is 4.17. The van der Waals surface area contributed by atoms with Gasteiger partial charge in [-0.3, -0.25) is 0 Å². The molecule has 0 amide bonds. The second kappa shape index (κ2) is 4.14. The first kappa shape index (κ1) is 9.66. The zero-order valence-corrected chi connectivity index (χ0v) is 9.07. The van der Waals surface area contributed by atoms with Gasteiger partial charge in [-0.25, -0.2) is 4.98 Å². The van der Waals surface area contributed by atoms with Crippen molar-refractivity contribution < 1.29 is 4.42 Å². The molecule has 84 valence electrons. The van der Waals surface area contributed by atoms with E-state index in [-0.39, 0.29) is 0 Å². The van der Waals surface area contributed by atoms with Gasteiger partial charge in [0.05, 0.1) is 12.6 Å². The van der Waals surface area contributed by atoms with Crippen LogP contribution in [0.2, 0.25) is 0 Å². The van der Waals surface area contributed by atoms with Crippen LogP contribution in [0.4, 0.5) is 0 Å². The fraction of sp³-hybridized carbons (Fsp3) is 0.417. The van der Waals surface area contributed by atoms with E-state index in [2.05, 4.69) is 15.3 Å². The van der Waals surface area contributed by atoms with Crippen LogP contribution in [-0.2, 0) is 0 Å². The third-order valence-corrected chi connectivity index (χ3v) is 3.17. The Labute approximate surface area is 94.1 Å². The third-order valence-electron chi connectivity index (χ3n) is 3.17. The van der Waals surface area contributed by atoms with Crippen LogP contribution in [0.15, 0.2) is 29.1 Å². The summed E-state index contributed by atoms with van der Waals surface area (Å²) >= 11 is 0. The predicted molar refractivity (Wildman–Crippen MR) is 61.1 cm³/mol. The normalized spacial score (nSPS) is 17.8. The number of H-pyrrole nitrogens is 1. The maximum atomic E-state index is 5.41. The Bertz CT molecular complexity index is 441. The van der Waals surface area contributed by atoms with Crippen molar-refractivity contribution in [1.29, 1.82) is 0 Å². The highest BCUT2D eigenvalue weighted by Gasteiger charge is 2.21. The maximum absolute atomic E-state index is 5.41. The summed E-state index contributed by atoms with van der Waals surface area (Å²) < 4.78 is 5.41. The van der Waals surface area contributed by atoms with E-state index >= 15 is 0 Å². The van der Waals surface area contributed by atoms with Gasteiger partial charge in [0.1, 0.15) is 5.69 Å². The average Bonchev–Trinajstić information content (AvgIpc) is 3.01. The number of hydrogen-bond donors (Lipinski definition) is 2. The van der Waals surface area contributed by atoms with Crippen molar-refractivity contribution in [3.63, 3.8) is 0 Å². The third kappa shape index (κ3) is 1.65. The smallest absolute Gasteiger partial charge is 0.154 e. The van der Waals surface area contributed by atoms with Crippen molar-refractivity contribution >= 4 is 0 Å². The van der Waals surface area contributed by atoms with Gasteiger partial charge in [-0.1, -0.05) is 0 Å². The minimum atomic E-state index is 0.573. The van der Waals surface area contributed by atoms with Crippen LogP contribution in [0.3, 0.4) is 0 Å². The molecule has 0 aromatic carbocycles. The quantitative estimate of drug-likeness (QED) is 0.810. The molecule has 1 aliphatic heterocycles. The molecule has 0 atom stereocenters. The first-order chi connectivity index (χ1) is 7.95. The average molecular weight is 217 g/mol. The Balaban J connectivity index is 1.92. The van der Waals surface area contributed by atoms with Gasteiger partial charge in [0, 0.05) is 11.6 Å². The molecule has 16 heavy (non-hydrogen) atoms. The molecule has 2 N–H and O–H groups in total. The summed E-state index contributed by atoms with van der Waals surface area (Å²) in [6.07, 6.45) is 5.78. The summed E-state index contributed by atoms with van der Waals surface area (Å²) in [6.45, 7) is 2.17. The lowest BCUT2D eigenvalue weighted by Crippen LogP contribution is -2.27. The van der Waals surface area contributed by atoms with Crippen LogP contribution < -0.4 is 5.32 Å². The van der Waals surface area contributed by atoms with Gasteiger partial charge in [0.15, 0.2) is 5.76 Å². The number of hydrogen-bond acceptors (Lipinski definition) is 3. The zero-order valence-electron chi connectivity index (χ0n) is 9.07. The Kier molecular flexibility index (Phi) is 2.50. The van der Waals surface area contributed by atoms with E-state index in [4.69, 9.17) is 4.42 Å². The van der Waals surface area contributed by atoms with Gasteiger partial charge in [-0.15, -0.1) is 0 Å². The Morgan fingerprint density at radius 1 is 1.31 bits per heavy atom. The minimum Gasteiger partial charge on any atom is -0.463 e. The van der Waals surface area contributed by atoms with E-state index in [9.17, 15) is 0 Å². The van der Waals surface area contributed by atoms with Gasteiger partial charge in [-0.2, -0.15) is 0 Å². The summed E-state index contributed by atoms with van der Waals surface area (Å²) in [5, 5.41) is 3.37. The molecule has 4 heteroatoms. The molecule has 0 bridgehead atoms. The zero-order chi connectivity index (χ0) is 10.8. The number of furan rings is 1. The maximum Gasteiger partial charge on any atom is 0.154 e. The van der Waals surface area contributed by atoms with Crippen molar-refractivity contribution in [2.45, 2.75) is 18.8 Å². The van der Waals surface area contributed by atoms with E-state index in [1.54, 1.807) is 12.6 Å². The first-order valence-corrected chi connectivity index (χ1v) is 5.73. The molecule has 0 radical (unpaired) electrons. The van der Waals surface area contributed by atoms with E-state index in [1.165, 1.54) is 5.69 Å². The Morgan fingerprint density at radius 2 is 2.19 bits per heavy atom. The highest BCUT2D eigenvalue weighted by Crippen LogP contribution is 2.31. The highest BCUT2D eigenvalue weighted by atomic mass is 16.3. The summed E-state index contributed by atoms with van der Waals surface area (Å²) in [7, 11) is 0. The molecule has 3 heterocycles. The number of nitrogens with one attached hydrogen (secondary N) is 2. The summed E-state index contributed by atoms with van der Waals surface area (Å²) in [5.41, 5.74) is 2.19. The van der Waals surface area contributed by atoms with Crippen LogP contribution in [-0.4, -0.2) is 23.1 Å². The standard InChI is InChI=1S/C12H15N3O/c1-2-10(16-7-1)12-11(14-8-15-12)9-3-5-13-6-4-9/h1-2,7-9,13H,3-6H2,(H,14,15). The largest absolute Gasteiger partial charge is 0.463 e. The lowest BCUT2D eigenvalue weighted by atomic mass is 9.93. The number of rotatable bonds is 2. The molecule has 0 unspecified atom stereocenters. The molecule has 2 aromatic rings. The summed E-state index contributed by atoms with van der Waals surface area (Å²) in [4.78, 5) is 7.63. The SMILES string of the molecule is c1coc(-c2nc[nH]c2C2CCNCC2)c1. The number of nitrogens with zero attached hydrogens (tertiary/aromatic N) is 1. The molecule has 3 rings (SSSR count). The van der Waals surface area contributed by atoms with Crippen LogP contribution in [0.25, 0.3) is 11.5 Å². The molecule has 0 aliphatic carbocycles. The topological polar surface area (TPSA) is 53.9 Å². The Hall–Kier alpha value is -1.55. The lowest BCUT2D eigenvalue weighted by molar-refractivity contribution is 0.454. The molecule has 1 fully saturated rings. The van der Waals surface area contributed by atoms with Crippen molar-refractivity contribution in [3.05, 3.63) is 30.4 Å². The highest BCUT2D eigenvalue weighted by molar-refractivity contribution is 5.56. The molecule has 0 saturated carbocycles. The van der Waals surface area contributed by atoms with Gasteiger partial charge < -0.3 is 14.7 Å². The van der Waals surface area contributed by atoms with Gasteiger partial charge >= 0.3 is 0 Å². The van der Waals surface area contributed by atoms with Crippen LogP contribution in [0, 0.1) is 0 Å². The number of imidazole rings is 1. The molecule has 1 aliphatic rings. The molecule has 0 spiro atoms. The summed E-state index contributed by atoms with van der Waals surface area (Å²) in [5.74, 6) is 1.43. The van der Waals surface area contributed by atoms with Crippen LogP contribution in [0.5, 0.6) is 0 Å². The monoisotopic (exact) mass is 217 g/mol. The van der Waals surface area contributed by atoms with E-state index < -0.39 is 0 Å². The van der Waals surface area contributed by atoms with Crippen LogP contribution in [0.1, 0.15) is 24.5 Å². The van der Waals surface area contributed by atoms with Crippen LogP contribution >= 0.6 is 0 Å². The van der Waals surface area contributed by atoms with Crippen molar-refractivity contribution in [3.8, 4) is 11.5 Å². The number of aromatic nitrogens is 2. The van der Waals surface area contributed by atoms with Gasteiger partial charge in [0.2, 0.25) is 0 Å². The number of aromatic amines is 1. The lowest BCUT2D eigenvalue weighted by Gasteiger charge is -2.22. The first-order valence-electron chi connectivity index (χ1n) is 5.73. The number of piperidine rings is 1. The van der Waals surface area contributed by atoms with Crippen molar-refractivity contribution in [2.75, 3.05) is 13.1 Å². The van der Waals surface area contributed by atoms with E-state index in [0.29, 0.717) is 5.92 Å². The fourth-order valence-corrected chi connectivity index (χ4v) is 2.34. The minimum absolute atomic E-state index is 0.573. The molecular weight excluding hydrogens is 202 g/mol.